The summed E-state index contributed by atoms with van der Waals surface area (Å²) in [5.41, 5.74) is 2.43. The Kier molecular flexibility index (Phi) is 6.55. The number of hydrogen-bond acceptors (Lipinski definition) is 3. The molecule has 1 saturated carbocycles. The summed E-state index contributed by atoms with van der Waals surface area (Å²) in [6, 6.07) is 21.7. The lowest BCUT2D eigenvalue weighted by Gasteiger charge is -2.47. The maximum atomic E-state index is 14.5. The third-order valence-electron chi connectivity index (χ3n) is 7.94. The third kappa shape index (κ3) is 4.36. The van der Waals surface area contributed by atoms with Crippen LogP contribution in [-0.4, -0.2) is 33.9 Å². The van der Waals surface area contributed by atoms with Crippen LogP contribution in [0.1, 0.15) is 53.7 Å². The van der Waals surface area contributed by atoms with Gasteiger partial charge in [-0.2, -0.15) is 0 Å². The van der Waals surface area contributed by atoms with Gasteiger partial charge in [-0.1, -0.05) is 73.3 Å². The molecule has 1 fully saturated rings. The maximum absolute atomic E-state index is 14.5. The number of benzene rings is 2. The largest absolute Gasteiger partial charge is 0.351 e. The number of thiophene rings is 1. The lowest BCUT2D eigenvalue weighted by atomic mass is 9.83. The summed E-state index contributed by atoms with van der Waals surface area (Å²) in [5, 5.41) is 6.11. The molecule has 190 valence electrons. The SMILES string of the molecule is O=C1c2cc3sccc3n2C[C@@](C(=O)NC2CCCCC2)(c2ccccc2)N1CCc1ccc(Cl)cc1. The number of nitrogens with zero attached hydrogens (tertiary/aromatic N) is 2. The Hall–Kier alpha value is -3.09. The van der Waals surface area contributed by atoms with Gasteiger partial charge in [0.05, 0.1) is 16.8 Å². The minimum Gasteiger partial charge on any atom is -0.351 e. The molecule has 2 amide bonds. The molecular formula is C30H30ClN3O2S. The molecule has 0 unspecified atom stereocenters. The zero-order valence-electron chi connectivity index (χ0n) is 20.7. The Morgan fingerprint density at radius 2 is 1.78 bits per heavy atom. The molecule has 2 aromatic heterocycles. The van der Waals surface area contributed by atoms with Crippen molar-refractivity contribution in [3.05, 3.63) is 94.0 Å². The van der Waals surface area contributed by atoms with Crippen LogP contribution in [0.3, 0.4) is 0 Å². The van der Waals surface area contributed by atoms with Gasteiger partial charge in [-0.25, -0.2) is 0 Å². The van der Waals surface area contributed by atoms with Gasteiger partial charge in [-0.05, 0) is 60.0 Å². The van der Waals surface area contributed by atoms with E-state index in [2.05, 4.69) is 16.0 Å². The first-order valence-electron chi connectivity index (χ1n) is 13.1. The van der Waals surface area contributed by atoms with Crippen molar-refractivity contribution in [2.45, 2.75) is 56.7 Å². The van der Waals surface area contributed by atoms with Gasteiger partial charge in [0.15, 0.2) is 5.54 Å². The van der Waals surface area contributed by atoms with Gasteiger partial charge in [-0.3, -0.25) is 9.59 Å². The van der Waals surface area contributed by atoms with Crippen molar-refractivity contribution < 1.29 is 9.59 Å². The van der Waals surface area contributed by atoms with Crippen LogP contribution >= 0.6 is 22.9 Å². The topological polar surface area (TPSA) is 54.3 Å². The maximum Gasteiger partial charge on any atom is 0.271 e. The molecule has 0 radical (unpaired) electrons. The predicted molar refractivity (Wildman–Crippen MR) is 149 cm³/mol. The van der Waals surface area contributed by atoms with Crippen LogP contribution in [-0.2, 0) is 23.3 Å². The second kappa shape index (κ2) is 9.99. The van der Waals surface area contributed by atoms with Crippen LogP contribution in [0.2, 0.25) is 5.02 Å². The molecule has 2 aliphatic rings. The van der Waals surface area contributed by atoms with Crippen molar-refractivity contribution in [1.29, 1.82) is 0 Å². The van der Waals surface area contributed by atoms with Gasteiger partial charge < -0.3 is 14.8 Å². The molecule has 0 spiro atoms. The lowest BCUT2D eigenvalue weighted by Crippen LogP contribution is -2.64. The minimum absolute atomic E-state index is 0.0854. The van der Waals surface area contributed by atoms with E-state index in [1.54, 1.807) is 11.3 Å². The standard InChI is InChI=1S/C30H30ClN3O2S/c31-23-13-11-21(12-14-23)15-17-34-28(35)26-19-27-25(16-18-37-27)33(26)20-30(34,22-7-3-1-4-8-22)29(36)32-24-9-5-2-6-10-24/h1,3-4,7-8,11-14,16,18-19,24H,2,5-6,9-10,15,17,20H2,(H,32,36)/t30-/m0/s1. The Labute approximate surface area is 226 Å². The van der Waals surface area contributed by atoms with Crippen LogP contribution in [0.4, 0.5) is 0 Å². The van der Waals surface area contributed by atoms with Gasteiger partial charge in [0.2, 0.25) is 0 Å². The van der Waals surface area contributed by atoms with Crippen molar-refractivity contribution >= 4 is 45.0 Å². The van der Waals surface area contributed by atoms with Crippen molar-refractivity contribution in [3.63, 3.8) is 0 Å². The van der Waals surface area contributed by atoms with Gasteiger partial charge in [0.25, 0.3) is 11.8 Å². The van der Waals surface area contributed by atoms with E-state index >= 15 is 0 Å². The van der Waals surface area contributed by atoms with E-state index in [1.165, 1.54) is 6.42 Å². The first kappa shape index (κ1) is 24.3. The van der Waals surface area contributed by atoms with Crippen LogP contribution in [0.5, 0.6) is 0 Å². The summed E-state index contributed by atoms with van der Waals surface area (Å²) in [4.78, 5) is 30.6. The lowest BCUT2D eigenvalue weighted by molar-refractivity contribution is -0.135. The average molecular weight is 532 g/mol. The Bertz CT molecular complexity index is 1420. The molecule has 37 heavy (non-hydrogen) atoms. The van der Waals surface area contributed by atoms with Gasteiger partial charge >= 0.3 is 0 Å². The molecule has 1 N–H and O–H groups in total. The first-order chi connectivity index (χ1) is 18.1. The highest BCUT2D eigenvalue weighted by atomic mass is 35.5. The van der Waals surface area contributed by atoms with Crippen LogP contribution in [0.15, 0.2) is 72.1 Å². The Morgan fingerprint density at radius 3 is 2.54 bits per heavy atom. The van der Waals surface area contributed by atoms with E-state index in [-0.39, 0.29) is 17.9 Å². The first-order valence-corrected chi connectivity index (χ1v) is 14.3. The minimum atomic E-state index is -1.15. The fraction of sp³-hybridized carbons (Fsp3) is 0.333. The van der Waals surface area contributed by atoms with Crippen molar-refractivity contribution in [3.8, 4) is 0 Å². The van der Waals surface area contributed by atoms with E-state index in [9.17, 15) is 9.59 Å². The molecule has 0 bridgehead atoms. The molecule has 5 nitrogen and oxygen atoms in total. The van der Waals surface area contributed by atoms with Gasteiger partial charge in [0, 0.05) is 17.6 Å². The number of amides is 2. The number of fused-ring (bicyclic) bond motifs is 3. The number of hydrogen-bond donors (Lipinski definition) is 1. The fourth-order valence-electron chi connectivity index (χ4n) is 5.97. The highest BCUT2D eigenvalue weighted by Crippen LogP contribution is 2.40. The van der Waals surface area contributed by atoms with Crippen molar-refractivity contribution in [2.75, 3.05) is 6.54 Å². The van der Waals surface area contributed by atoms with E-state index in [1.807, 2.05) is 70.9 Å². The molecule has 3 heterocycles. The number of carbonyl (C=O) groups excluding carboxylic acids is 2. The molecular weight excluding hydrogens is 502 g/mol. The number of aromatic nitrogens is 1. The second-order valence-corrected chi connectivity index (χ2v) is 11.5. The second-order valence-electron chi connectivity index (χ2n) is 10.2. The number of carbonyl (C=O) groups is 2. The predicted octanol–water partition coefficient (Wildman–Crippen LogP) is 6.40. The van der Waals surface area contributed by atoms with Crippen molar-refractivity contribution in [2.24, 2.45) is 0 Å². The van der Waals surface area contributed by atoms with E-state index in [0.717, 1.165) is 47.0 Å². The highest BCUT2D eigenvalue weighted by Gasteiger charge is 2.52. The molecule has 7 heteroatoms. The smallest absolute Gasteiger partial charge is 0.271 e. The summed E-state index contributed by atoms with van der Waals surface area (Å²) in [7, 11) is 0. The average Bonchev–Trinajstić information content (AvgIpc) is 3.52. The molecule has 2 aromatic carbocycles. The van der Waals surface area contributed by atoms with E-state index < -0.39 is 5.54 Å². The molecule has 1 aliphatic carbocycles. The zero-order valence-corrected chi connectivity index (χ0v) is 22.2. The molecule has 6 rings (SSSR count). The van der Waals surface area contributed by atoms with Crippen LogP contribution < -0.4 is 5.32 Å². The summed E-state index contributed by atoms with van der Waals surface area (Å²) >= 11 is 7.73. The number of halogens is 1. The molecule has 0 saturated heterocycles. The van der Waals surface area contributed by atoms with Crippen LogP contribution in [0.25, 0.3) is 10.2 Å². The summed E-state index contributed by atoms with van der Waals surface area (Å²) in [6.45, 7) is 0.809. The number of rotatable bonds is 6. The summed E-state index contributed by atoms with van der Waals surface area (Å²) < 4.78 is 3.12. The van der Waals surface area contributed by atoms with Crippen LogP contribution in [0, 0.1) is 0 Å². The fourth-order valence-corrected chi connectivity index (χ4v) is 6.92. The number of nitrogens with one attached hydrogen (secondary N) is 1. The Morgan fingerprint density at radius 1 is 1.03 bits per heavy atom. The zero-order chi connectivity index (χ0) is 25.4. The molecule has 1 aliphatic heterocycles. The monoisotopic (exact) mass is 531 g/mol. The normalized spacial score (nSPS) is 20.2. The van der Waals surface area contributed by atoms with Gasteiger partial charge in [-0.15, -0.1) is 11.3 Å². The van der Waals surface area contributed by atoms with E-state index in [0.29, 0.717) is 30.2 Å². The third-order valence-corrected chi connectivity index (χ3v) is 9.04. The van der Waals surface area contributed by atoms with Gasteiger partial charge in [0.1, 0.15) is 5.69 Å². The summed E-state index contributed by atoms with van der Waals surface area (Å²) in [5.74, 6) is -0.191. The highest BCUT2D eigenvalue weighted by molar-refractivity contribution is 7.17. The Balaban J connectivity index is 1.46. The van der Waals surface area contributed by atoms with Crippen molar-refractivity contribution in [1.82, 2.24) is 14.8 Å². The quantitative estimate of drug-likeness (QED) is 0.313. The molecule has 1 atom stereocenters. The summed E-state index contributed by atoms with van der Waals surface area (Å²) in [6.07, 6.45) is 6.06. The van der Waals surface area contributed by atoms with E-state index in [4.69, 9.17) is 11.6 Å². The molecule has 4 aromatic rings.